The smallest absolute Gasteiger partial charge is 0.181 e. The van der Waals surface area contributed by atoms with Gasteiger partial charge in [-0.25, -0.2) is 0 Å². The molecular formula is C12H15Cl2NOS. The predicted molar refractivity (Wildman–Crippen MR) is 72.8 cm³/mol. The lowest BCUT2D eigenvalue weighted by atomic mass is 10.2. The Kier molecular flexibility index (Phi) is 4.61. The van der Waals surface area contributed by atoms with Crippen molar-refractivity contribution in [1.82, 2.24) is 4.31 Å². The number of hydrogen-bond acceptors (Lipinski definition) is 2. The number of halogens is 2. The van der Waals surface area contributed by atoms with Gasteiger partial charge in [-0.05, 0) is 12.5 Å². The van der Waals surface area contributed by atoms with Crippen LogP contribution < -0.4 is 0 Å². The van der Waals surface area contributed by atoms with Crippen molar-refractivity contribution in [2.45, 2.75) is 37.6 Å². The van der Waals surface area contributed by atoms with Gasteiger partial charge in [0, 0.05) is 23.2 Å². The Labute approximate surface area is 115 Å². The van der Waals surface area contributed by atoms with E-state index < -0.39 is 11.4 Å². The molecule has 1 unspecified atom stereocenters. The molecule has 1 atom stereocenters. The van der Waals surface area contributed by atoms with Gasteiger partial charge < -0.3 is 4.55 Å². The van der Waals surface area contributed by atoms with E-state index in [9.17, 15) is 4.55 Å². The normalized spacial score (nSPS) is 19.6. The van der Waals surface area contributed by atoms with E-state index in [4.69, 9.17) is 23.2 Å². The standard InChI is InChI=1S/C12H15Cl2NOS/c1-2-3-4-5-15-8-10-11(14)6-9(13)7-12(10)17(15)16/h6-7H,2-5,8H2,1H3. The van der Waals surface area contributed by atoms with Crippen molar-refractivity contribution >= 4 is 34.6 Å². The van der Waals surface area contributed by atoms with Crippen LogP contribution >= 0.6 is 23.2 Å². The Morgan fingerprint density at radius 2 is 2.12 bits per heavy atom. The third kappa shape index (κ3) is 2.91. The molecule has 17 heavy (non-hydrogen) atoms. The first-order chi connectivity index (χ1) is 8.13. The minimum Gasteiger partial charge on any atom is -0.593 e. The van der Waals surface area contributed by atoms with Gasteiger partial charge in [-0.1, -0.05) is 43.0 Å². The second kappa shape index (κ2) is 5.81. The Morgan fingerprint density at radius 3 is 2.82 bits per heavy atom. The molecular weight excluding hydrogens is 277 g/mol. The number of unbranched alkanes of at least 4 members (excludes halogenated alkanes) is 2. The maximum atomic E-state index is 12.2. The predicted octanol–water partition coefficient (Wildman–Crippen LogP) is 4.02. The summed E-state index contributed by atoms with van der Waals surface area (Å²) in [6.45, 7) is 3.68. The summed E-state index contributed by atoms with van der Waals surface area (Å²) in [5.41, 5.74) is 0.964. The highest BCUT2D eigenvalue weighted by molar-refractivity contribution is 7.89. The second-order valence-electron chi connectivity index (χ2n) is 4.18. The number of fused-ring (bicyclic) bond motifs is 1. The molecule has 2 nitrogen and oxygen atoms in total. The van der Waals surface area contributed by atoms with Gasteiger partial charge in [0.15, 0.2) is 4.90 Å². The molecule has 0 N–H and O–H groups in total. The zero-order chi connectivity index (χ0) is 12.4. The van der Waals surface area contributed by atoms with E-state index in [0.717, 1.165) is 23.4 Å². The van der Waals surface area contributed by atoms with Gasteiger partial charge in [-0.15, -0.1) is 4.31 Å². The molecule has 1 aromatic rings. The number of rotatable bonds is 4. The molecule has 94 valence electrons. The lowest BCUT2D eigenvalue weighted by molar-refractivity contribution is 0.411. The van der Waals surface area contributed by atoms with Crippen molar-refractivity contribution in [1.29, 1.82) is 0 Å². The summed E-state index contributed by atoms with van der Waals surface area (Å²) in [5.74, 6) is 0. The molecule has 1 aromatic carbocycles. The molecule has 0 saturated carbocycles. The molecule has 0 aromatic heterocycles. The fourth-order valence-corrected chi connectivity index (χ4v) is 4.07. The average molecular weight is 292 g/mol. The SMILES string of the molecule is CCCCCN1Cc2c(Cl)cc(Cl)cc2[S+]1[O-]. The van der Waals surface area contributed by atoms with Gasteiger partial charge in [0.05, 0.1) is 22.9 Å². The monoisotopic (exact) mass is 291 g/mol. The molecule has 0 radical (unpaired) electrons. The van der Waals surface area contributed by atoms with E-state index in [1.807, 2.05) is 4.31 Å². The summed E-state index contributed by atoms with van der Waals surface area (Å²) in [7, 11) is 0. The molecule has 0 bridgehead atoms. The van der Waals surface area contributed by atoms with Crippen LogP contribution in [0.15, 0.2) is 17.0 Å². The van der Waals surface area contributed by atoms with Crippen LogP contribution in [0, 0.1) is 0 Å². The second-order valence-corrected chi connectivity index (χ2v) is 6.48. The first kappa shape index (κ1) is 13.5. The zero-order valence-corrected chi connectivity index (χ0v) is 12.0. The number of nitrogens with zero attached hydrogens (tertiary/aromatic N) is 1. The molecule has 2 rings (SSSR count). The van der Waals surface area contributed by atoms with Gasteiger partial charge in [0.25, 0.3) is 0 Å². The summed E-state index contributed by atoms with van der Waals surface area (Å²) in [4.78, 5) is 0.777. The molecule has 0 amide bonds. The van der Waals surface area contributed by atoms with Crippen LogP contribution in [0.1, 0.15) is 31.7 Å². The van der Waals surface area contributed by atoms with Gasteiger partial charge >= 0.3 is 0 Å². The van der Waals surface area contributed by atoms with Crippen LogP contribution in [0.5, 0.6) is 0 Å². The third-order valence-electron chi connectivity index (χ3n) is 2.89. The first-order valence-corrected chi connectivity index (χ1v) is 7.64. The highest BCUT2D eigenvalue weighted by Gasteiger charge is 2.35. The number of benzene rings is 1. The van der Waals surface area contributed by atoms with Gasteiger partial charge in [-0.2, -0.15) is 0 Å². The van der Waals surface area contributed by atoms with Crippen LogP contribution in [0.2, 0.25) is 10.0 Å². The quantitative estimate of drug-likeness (QED) is 0.619. The van der Waals surface area contributed by atoms with E-state index >= 15 is 0 Å². The largest absolute Gasteiger partial charge is 0.593 e. The molecule has 1 aliphatic rings. The van der Waals surface area contributed by atoms with E-state index in [-0.39, 0.29) is 0 Å². The molecule has 1 aliphatic heterocycles. The van der Waals surface area contributed by atoms with Crippen molar-refractivity contribution in [2.75, 3.05) is 6.54 Å². The highest BCUT2D eigenvalue weighted by atomic mass is 35.5. The molecule has 0 saturated heterocycles. The molecule has 0 fully saturated rings. The van der Waals surface area contributed by atoms with Gasteiger partial charge in [-0.3, -0.25) is 0 Å². The minimum absolute atomic E-state index is 0.553. The lowest BCUT2D eigenvalue weighted by Gasteiger charge is -2.15. The topological polar surface area (TPSA) is 26.3 Å². The van der Waals surface area contributed by atoms with Crippen LogP contribution in [-0.2, 0) is 17.9 Å². The Morgan fingerprint density at radius 1 is 1.35 bits per heavy atom. The molecule has 1 heterocycles. The molecule has 5 heteroatoms. The molecule has 0 aliphatic carbocycles. The van der Waals surface area contributed by atoms with E-state index in [1.165, 1.54) is 12.8 Å². The van der Waals surface area contributed by atoms with Crippen LogP contribution in [-0.4, -0.2) is 15.4 Å². The Bertz CT molecular complexity index is 414. The maximum Gasteiger partial charge on any atom is 0.181 e. The van der Waals surface area contributed by atoms with Crippen molar-refractivity contribution in [3.8, 4) is 0 Å². The number of hydrogen-bond donors (Lipinski definition) is 0. The summed E-state index contributed by atoms with van der Waals surface area (Å²) in [6, 6.07) is 3.48. The fraction of sp³-hybridized carbons (Fsp3) is 0.500. The Balaban J connectivity index is 2.12. The lowest BCUT2D eigenvalue weighted by Crippen LogP contribution is -2.25. The summed E-state index contributed by atoms with van der Waals surface area (Å²) < 4.78 is 14.2. The van der Waals surface area contributed by atoms with Crippen LogP contribution in [0.4, 0.5) is 0 Å². The van der Waals surface area contributed by atoms with Crippen molar-refractivity contribution in [3.05, 3.63) is 27.7 Å². The average Bonchev–Trinajstić information content (AvgIpc) is 2.58. The van der Waals surface area contributed by atoms with Gasteiger partial charge in [0.2, 0.25) is 0 Å². The maximum absolute atomic E-state index is 12.2. The summed E-state index contributed by atoms with van der Waals surface area (Å²) in [5, 5.41) is 1.18. The van der Waals surface area contributed by atoms with Crippen molar-refractivity contribution in [2.24, 2.45) is 0 Å². The minimum atomic E-state index is -1.10. The summed E-state index contributed by atoms with van der Waals surface area (Å²) >= 11 is 11.0. The highest BCUT2D eigenvalue weighted by Crippen LogP contribution is 2.37. The van der Waals surface area contributed by atoms with Gasteiger partial charge in [0.1, 0.15) is 0 Å². The molecule has 0 spiro atoms. The van der Waals surface area contributed by atoms with E-state index in [1.54, 1.807) is 12.1 Å². The van der Waals surface area contributed by atoms with Crippen molar-refractivity contribution in [3.63, 3.8) is 0 Å². The van der Waals surface area contributed by atoms with E-state index in [0.29, 0.717) is 16.6 Å². The van der Waals surface area contributed by atoms with Crippen LogP contribution in [0.3, 0.4) is 0 Å². The Hall–Kier alpha value is 0.0700. The zero-order valence-electron chi connectivity index (χ0n) is 9.71. The van der Waals surface area contributed by atoms with Crippen molar-refractivity contribution < 1.29 is 4.55 Å². The first-order valence-electron chi connectivity index (χ1n) is 5.78. The van der Waals surface area contributed by atoms with Crippen LogP contribution in [0.25, 0.3) is 0 Å². The summed E-state index contributed by atoms with van der Waals surface area (Å²) in [6.07, 6.45) is 3.40. The third-order valence-corrected chi connectivity index (χ3v) is 4.96. The fourth-order valence-electron chi connectivity index (χ4n) is 1.96. The van der Waals surface area contributed by atoms with E-state index in [2.05, 4.69) is 6.92 Å².